The molecule has 156 valence electrons. The van der Waals surface area contributed by atoms with Gasteiger partial charge >= 0.3 is 11.9 Å². The summed E-state index contributed by atoms with van der Waals surface area (Å²) in [7, 11) is 3.19. The number of ether oxygens (including phenoxy) is 2. The molecule has 0 saturated heterocycles. The van der Waals surface area contributed by atoms with Crippen LogP contribution in [0, 0.1) is 0 Å². The fourth-order valence-electron chi connectivity index (χ4n) is 3.02. The van der Waals surface area contributed by atoms with Gasteiger partial charge in [0.2, 0.25) is 0 Å². The maximum absolute atomic E-state index is 12.5. The van der Waals surface area contributed by atoms with Gasteiger partial charge in [0.1, 0.15) is 11.6 Å². The summed E-state index contributed by atoms with van der Waals surface area (Å²) in [5.41, 5.74) is 4.17. The Morgan fingerprint density at radius 1 is 1.00 bits per heavy atom. The number of nitrogens with zero attached hydrogens (tertiary/aromatic N) is 3. The van der Waals surface area contributed by atoms with Crippen molar-refractivity contribution >= 4 is 23.3 Å². The Balaban J connectivity index is 1.43. The second kappa shape index (κ2) is 8.93. The number of carbonyl (C=O) groups excluding carboxylic acids is 2. The molecule has 2 aromatic heterocycles. The zero-order chi connectivity index (χ0) is 21.8. The van der Waals surface area contributed by atoms with E-state index in [4.69, 9.17) is 9.47 Å². The molecular formula is C23H19N3O4S. The number of benzene rings is 2. The van der Waals surface area contributed by atoms with Crippen LogP contribution >= 0.6 is 11.3 Å². The lowest BCUT2D eigenvalue weighted by molar-refractivity contribution is 0.0468. The lowest BCUT2D eigenvalue weighted by Crippen LogP contribution is -2.05. The van der Waals surface area contributed by atoms with Gasteiger partial charge in [-0.25, -0.2) is 14.6 Å². The van der Waals surface area contributed by atoms with Crippen LogP contribution in [-0.4, -0.2) is 33.8 Å². The first-order chi connectivity index (χ1) is 15.0. The standard InChI is InChI=1S/C23H19N3O4S/c1-26-12-19(11-24-26)15-5-3-8-18(9-15)23(28)30-13-20-14-31-21(25-20)16-6-4-7-17(10-16)22(27)29-2/h3-12,14H,13H2,1-2H3. The van der Waals surface area contributed by atoms with Gasteiger partial charge in [-0.1, -0.05) is 24.3 Å². The zero-order valence-electron chi connectivity index (χ0n) is 16.9. The van der Waals surface area contributed by atoms with Gasteiger partial charge in [0.05, 0.1) is 30.1 Å². The Hall–Kier alpha value is -3.78. The number of hydrogen-bond donors (Lipinski definition) is 0. The maximum Gasteiger partial charge on any atom is 0.338 e. The summed E-state index contributed by atoms with van der Waals surface area (Å²) in [4.78, 5) is 28.8. The van der Waals surface area contributed by atoms with Crippen LogP contribution in [0.1, 0.15) is 26.4 Å². The van der Waals surface area contributed by atoms with Gasteiger partial charge < -0.3 is 9.47 Å². The molecule has 31 heavy (non-hydrogen) atoms. The van der Waals surface area contributed by atoms with Crippen molar-refractivity contribution in [1.82, 2.24) is 14.8 Å². The van der Waals surface area contributed by atoms with Gasteiger partial charge in [0.25, 0.3) is 0 Å². The smallest absolute Gasteiger partial charge is 0.338 e. The first kappa shape index (κ1) is 20.5. The average Bonchev–Trinajstić information content (AvgIpc) is 3.46. The molecular weight excluding hydrogens is 414 g/mol. The third kappa shape index (κ3) is 4.70. The molecule has 0 aliphatic heterocycles. The Morgan fingerprint density at radius 2 is 1.71 bits per heavy atom. The SMILES string of the molecule is COC(=O)c1cccc(-c2nc(COC(=O)c3cccc(-c4cnn(C)c4)c3)cs2)c1. The van der Waals surface area contributed by atoms with E-state index >= 15 is 0 Å². The fraction of sp³-hybridized carbons (Fsp3) is 0.130. The third-order valence-corrected chi connectivity index (χ3v) is 5.51. The molecule has 0 bridgehead atoms. The summed E-state index contributed by atoms with van der Waals surface area (Å²) in [6, 6.07) is 14.3. The average molecular weight is 433 g/mol. The predicted octanol–water partition coefficient (Wildman–Crippen LogP) is 4.35. The van der Waals surface area contributed by atoms with Gasteiger partial charge in [-0.05, 0) is 29.8 Å². The van der Waals surface area contributed by atoms with E-state index in [9.17, 15) is 9.59 Å². The van der Waals surface area contributed by atoms with E-state index in [2.05, 4.69) is 10.1 Å². The van der Waals surface area contributed by atoms with Crippen molar-refractivity contribution in [2.45, 2.75) is 6.61 Å². The molecule has 0 aliphatic carbocycles. The molecule has 0 aliphatic rings. The normalized spacial score (nSPS) is 10.6. The van der Waals surface area contributed by atoms with Crippen molar-refractivity contribution < 1.29 is 19.1 Å². The predicted molar refractivity (Wildman–Crippen MR) is 117 cm³/mol. The van der Waals surface area contributed by atoms with E-state index in [0.717, 1.165) is 21.7 Å². The number of hydrogen-bond acceptors (Lipinski definition) is 7. The molecule has 7 nitrogen and oxygen atoms in total. The number of aryl methyl sites for hydroxylation is 1. The van der Waals surface area contributed by atoms with Crippen molar-refractivity contribution in [1.29, 1.82) is 0 Å². The third-order valence-electron chi connectivity index (χ3n) is 4.57. The molecule has 2 aromatic carbocycles. The van der Waals surface area contributed by atoms with Crippen LogP contribution in [0.4, 0.5) is 0 Å². The van der Waals surface area contributed by atoms with Gasteiger partial charge in [0.15, 0.2) is 0 Å². The van der Waals surface area contributed by atoms with Gasteiger partial charge in [-0.2, -0.15) is 5.10 Å². The highest BCUT2D eigenvalue weighted by molar-refractivity contribution is 7.13. The van der Waals surface area contributed by atoms with E-state index in [-0.39, 0.29) is 6.61 Å². The highest BCUT2D eigenvalue weighted by Gasteiger charge is 2.13. The number of aromatic nitrogens is 3. The molecule has 0 amide bonds. The van der Waals surface area contributed by atoms with Crippen molar-refractivity contribution in [3.63, 3.8) is 0 Å². The Morgan fingerprint density at radius 3 is 2.42 bits per heavy atom. The van der Waals surface area contributed by atoms with Crippen molar-refractivity contribution in [3.05, 3.63) is 83.1 Å². The summed E-state index contributed by atoms with van der Waals surface area (Å²) < 4.78 is 11.9. The first-order valence-corrected chi connectivity index (χ1v) is 10.3. The molecule has 0 spiro atoms. The highest BCUT2D eigenvalue weighted by atomic mass is 32.1. The summed E-state index contributed by atoms with van der Waals surface area (Å²) in [5, 5.41) is 6.72. The lowest BCUT2D eigenvalue weighted by atomic mass is 10.1. The molecule has 0 N–H and O–H groups in total. The molecule has 0 atom stereocenters. The minimum Gasteiger partial charge on any atom is -0.465 e. The molecule has 0 saturated carbocycles. The van der Waals surface area contributed by atoms with Crippen LogP contribution in [-0.2, 0) is 23.1 Å². The van der Waals surface area contributed by atoms with Crippen LogP contribution in [0.15, 0.2) is 66.3 Å². The Labute approximate surface area is 182 Å². The zero-order valence-corrected chi connectivity index (χ0v) is 17.8. The Bertz CT molecular complexity index is 1240. The van der Waals surface area contributed by atoms with E-state index in [0.29, 0.717) is 16.8 Å². The first-order valence-electron chi connectivity index (χ1n) is 9.43. The number of methoxy groups -OCH3 is 1. The number of esters is 2. The van der Waals surface area contributed by atoms with Crippen LogP contribution in [0.5, 0.6) is 0 Å². The highest BCUT2D eigenvalue weighted by Crippen LogP contribution is 2.25. The monoisotopic (exact) mass is 433 g/mol. The maximum atomic E-state index is 12.5. The lowest BCUT2D eigenvalue weighted by Gasteiger charge is -2.05. The molecule has 8 heteroatoms. The molecule has 0 fully saturated rings. The number of rotatable bonds is 6. The van der Waals surface area contributed by atoms with Crippen LogP contribution in [0.2, 0.25) is 0 Å². The molecule has 0 unspecified atom stereocenters. The second-order valence-corrected chi connectivity index (χ2v) is 7.63. The van der Waals surface area contributed by atoms with Crippen LogP contribution in [0.3, 0.4) is 0 Å². The largest absolute Gasteiger partial charge is 0.465 e. The fourth-order valence-corrected chi connectivity index (χ4v) is 3.82. The van der Waals surface area contributed by atoms with E-state index < -0.39 is 11.9 Å². The van der Waals surface area contributed by atoms with E-state index in [1.807, 2.05) is 36.8 Å². The molecule has 0 radical (unpaired) electrons. The number of thiazole rings is 1. The second-order valence-electron chi connectivity index (χ2n) is 6.78. The topological polar surface area (TPSA) is 83.3 Å². The minimum absolute atomic E-state index is 0.0587. The molecule has 4 rings (SSSR count). The van der Waals surface area contributed by atoms with Gasteiger partial charge in [-0.15, -0.1) is 11.3 Å². The summed E-state index contributed by atoms with van der Waals surface area (Å²) in [5.74, 6) is -0.825. The summed E-state index contributed by atoms with van der Waals surface area (Å²) >= 11 is 1.42. The summed E-state index contributed by atoms with van der Waals surface area (Å²) in [6.07, 6.45) is 3.63. The van der Waals surface area contributed by atoms with Crippen molar-refractivity contribution in [2.24, 2.45) is 7.05 Å². The van der Waals surface area contributed by atoms with Gasteiger partial charge in [0, 0.05) is 29.8 Å². The van der Waals surface area contributed by atoms with Crippen molar-refractivity contribution in [2.75, 3.05) is 7.11 Å². The molecule has 4 aromatic rings. The van der Waals surface area contributed by atoms with Crippen LogP contribution in [0.25, 0.3) is 21.7 Å². The summed E-state index contributed by atoms with van der Waals surface area (Å²) in [6.45, 7) is 0.0587. The number of carbonyl (C=O) groups is 2. The minimum atomic E-state index is -0.423. The quantitative estimate of drug-likeness (QED) is 0.420. The van der Waals surface area contributed by atoms with Crippen LogP contribution < -0.4 is 0 Å². The Kier molecular flexibility index (Phi) is 5.90. The van der Waals surface area contributed by atoms with E-state index in [1.165, 1.54) is 18.4 Å². The van der Waals surface area contributed by atoms with Crippen molar-refractivity contribution in [3.8, 4) is 21.7 Å². The molecule has 2 heterocycles. The van der Waals surface area contributed by atoms with Gasteiger partial charge in [-0.3, -0.25) is 4.68 Å². The van der Waals surface area contributed by atoms with E-state index in [1.54, 1.807) is 41.2 Å².